The van der Waals surface area contributed by atoms with E-state index in [2.05, 4.69) is 81.2 Å². The van der Waals surface area contributed by atoms with E-state index in [0.29, 0.717) is 0 Å². The van der Waals surface area contributed by atoms with Gasteiger partial charge < -0.3 is 0 Å². The van der Waals surface area contributed by atoms with E-state index in [-0.39, 0.29) is 5.41 Å². The lowest BCUT2D eigenvalue weighted by atomic mass is 9.69. The second kappa shape index (κ2) is 9.72. The zero-order valence-electron chi connectivity index (χ0n) is 20.6. The van der Waals surface area contributed by atoms with Crippen LogP contribution in [0.15, 0.2) is 60.7 Å². The van der Waals surface area contributed by atoms with Gasteiger partial charge in [-0.25, -0.2) is 0 Å². The molecule has 0 bridgehead atoms. The van der Waals surface area contributed by atoms with E-state index < -0.39 is 0 Å². The summed E-state index contributed by atoms with van der Waals surface area (Å²) in [7, 11) is 1.83. The van der Waals surface area contributed by atoms with Gasteiger partial charge in [-0.2, -0.15) is 0 Å². The molecule has 0 atom stereocenters. The molecule has 0 aromatic carbocycles. The van der Waals surface area contributed by atoms with Crippen LogP contribution in [0, 0.1) is 5.41 Å². The van der Waals surface area contributed by atoms with E-state index in [4.69, 9.17) is 0 Å². The van der Waals surface area contributed by atoms with Crippen LogP contribution in [0.25, 0.3) is 0 Å². The molecule has 0 unspecified atom stereocenters. The maximum Gasteiger partial charge on any atom is 0.0277 e. The average Bonchev–Trinajstić information content (AvgIpc) is 2.63. The van der Waals surface area contributed by atoms with Crippen LogP contribution in [0.3, 0.4) is 0 Å². The van der Waals surface area contributed by atoms with E-state index in [1.165, 1.54) is 63.8 Å². The van der Waals surface area contributed by atoms with Crippen LogP contribution in [-0.4, -0.2) is 13.3 Å². The standard InChI is InChI=1S/C27H43N/c1-17-14-13-15-27(10,11)26(17)25(9)24(8)23(7)22(6)21(5)20(4)19(3)18(2)16-28-12/h16H,13-15H2,1-12H3/b19-18+,21-20+,23-22+,25-24+,28-16?. The Labute approximate surface area is 175 Å². The monoisotopic (exact) mass is 381 g/mol. The van der Waals surface area contributed by atoms with E-state index in [0.717, 1.165) is 0 Å². The average molecular weight is 382 g/mol. The lowest BCUT2D eigenvalue weighted by molar-refractivity contribution is 0.372. The van der Waals surface area contributed by atoms with Gasteiger partial charge in [-0.15, -0.1) is 0 Å². The summed E-state index contributed by atoms with van der Waals surface area (Å²) in [6.07, 6.45) is 5.79. The Balaban J connectivity index is 3.54. The van der Waals surface area contributed by atoms with Gasteiger partial charge in [-0.3, -0.25) is 4.99 Å². The molecule has 28 heavy (non-hydrogen) atoms. The third-order valence-electron chi connectivity index (χ3n) is 7.12. The van der Waals surface area contributed by atoms with Crippen molar-refractivity contribution in [1.29, 1.82) is 0 Å². The number of hydrogen-bond acceptors (Lipinski definition) is 1. The highest BCUT2D eigenvalue weighted by Crippen LogP contribution is 2.45. The molecule has 0 spiro atoms. The smallest absolute Gasteiger partial charge is 0.0277 e. The SMILES string of the molecule is CN=C/C(C)=C(C)/C(C)=C(C)/C(C)=C(C)/C(C)=C(\C)C1=C(C)CCCC1(C)C. The highest BCUT2D eigenvalue weighted by molar-refractivity contribution is 5.80. The molecular formula is C27H43N. The molecule has 0 amide bonds. The third kappa shape index (κ3) is 5.25. The summed E-state index contributed by atoms with van der Waals surface area (Å²) >= 11 is 0. The van der Waals surface area contributed by atoms with Crippen LogP contribution in [0.4, 0.5) is 0 Å². The third-order valence-corrected chi connectivity index (χ3v) is 7.12. The number of aliphatic imine (C=N–C) groups is 1. The lowest BCUT2D eigenvalue weighted by Gasteiger charge is -2.36. The summed E-state index contributed by atoms with van der Waals surface area (Å²) in [6.45, 7) is 25.2. The molecule has 0 radical (unpaired) electrons. The zero-order chi connectivity index (χ0) is 21.8. The molecule has 0 N–H and O–H groups in total. The first-order chi connectivity index (χ1) is 12.9. The highest BCUT2D eigenvalue weighted by atomic mass is 14.6. The van der Waals surface area contributed by atoms with Crippen LogP contribution in [-0.2, 0) is 0 Å². The summed E-state index contributed by atoms with van der Waals surface area (Å²) in [5, 5.41) is 0. The van der Waals surface area contributed by atoms with Crippen molar-refractivity contribution in [3.05, 3.63) is 55.7 Å². The summed E-state index contributed by atoms with van der Waals surface area (Å²) in [5.41, 5.74) is 14.4. The molecule has 0 saturated carbocycles. The largest absolute Gasteiger partial charge is 0.296 e. The Morgan fingerprint density at radius 2 is 1.25 bits per heavy atom. The van der Waals surface area contributed by atoms with Crippen molar-refractivity contribution >= 4 is 6.21 Å². The molecule has 1 heteroatoms. The number of nitrogens with zero attached hydrogens (tertiary/aromatic N) is 1. The number of allylic oxidation sites excluding steroid dienone is 10. The molecule has 1 rings (SSSR count). The molecule has 1 aliphatic carbocycles. The normalized spacial score (nSPS) is 21.3. The van der Waals surface area contributed by atoms with Gasteiger partial charge >= 0.3 is 0 Å². The maximum absolute atomic E-state index is 4.17. The van der Waals surface area contributed by atoms with Crippen molar-refractivity contribution in [3.8, 4) is 0 Å². The fraction of sp³-hybridized carbons (Fsp3) is 0.593. The van der Waals surface area contributed by atoms with Gasteiger partial charge in [0.15, 0.2) is 0 Å². The Hall–Kier alpha value is -1.63. The molecular weight excluding hydrogens is 338 g/mol. The van der Waals surface area contributed by atoms with Crippen molar-refractivity contribution in [2.75, 3.05) is 7.05 Å². The van der Waals surface area contributed by atoms with Crippen LogP contribution < -0.4 is 0 Å². The van der Waals surface area contributed by atoms with Crippen molar-refractivity contribution in [2.24, 2.45) is 10.4 Å². The zero-order valence-corrected chi connectivity index (χ0v) is 20.6. The highest BCUT2D eigenvalue weighted by Gasteiger charge is 2.30. The molecule has 0 fully saturated rings. The van der Waals surface area contributed by atoms with Crippen molar-refractivity contribution in [1.82, 2.24) is 0 Å². The molecule has 0 aromatic rings. The maximum atomic E-state index is 4.17. The minimum Gasteiger partial charge on any atom is -0.296 e. The van der Waals surface area contributed by atoms with Crippen LogP contribution in [0.2, 0.25) is 0 Å². The number of hydrogen-bond donors (Lipinski definition) is 0. The molecule has 1 nitrogen and oxygen atoms in total. The van der Waals surface area contributed by atoms with Gasteiger partial charge in [0.05, 0.1) is 0 Å². The Morgan fingerprint density at radius 3 is 1.71 bits per heavy atom. The minimum absolute atomic E-state index is 0.276. The molecule has 0 aliphatic heterocycles. The Kier molecular flexibility index (Phi) is 8.47. The molecule has 1 aliphatic rings. The topological polar surface area (TPSA) is 12.4 Å². The van der Waals surface area contributed by atoms with Crippen LogP contribution >= 0.6 is 0 Å². The molecule has 0 heterocycles. The predicted octanol–water partition coefficient (Wildman–Crippen LogP) is 8.56. The van der Waals surface area contributed by atoms with Crippen molar-refractivity contribution in [3.63, 3.8) is 0 Å². The van der Waals surface area contributed by atoms with Gasteiger partial charge in [0.2, 0.25) is 0 Å². The fourth-order valence-electron chi connectivity index (χ4n) is 4.63. The quantitative estimate of drug-likeness (QED) is 0.334. The predicted molar refractivity (Wildman–Crippen MR) is 128 cm³/mol. The minimum atomic E-state index is 0.276. The lowest BCUT2D eigenvalue weighted by Crippen LogP contribution is -2.21. The summed E-state index contributed by atoms with van der Waals surface area (Å²) in [5.74, 6) is 0. The molecule has 0 aromatic heterocycles. The molecule has 156 valence electrons. The Bertz CT molecular complexity index is 801. The van der Waals surface area contributed by atoms with Crippen LogP contribution in [0.1, 0.15) is 95.4 Å². The van der Waals surface area contributed by atoms with Gasteiger partial charge in [0, 0.05) is 13.3 Å². The first-order valence-electron chi connectivity index (χ1n) is 10.7. The van der Waals surface area contributed by atoms with Crippen LogP contribution in [0.5, 0.6) is 0 Å². The van der Waals surface area contributed by atoms with Crippen molar-refractivity contribution in [2.45, 2.75) is 95.4 Å². The second-order valence-electron chi connectivity index (χ2n) is 9.34. The fourth-order valence-corrected chi connectivity index (χ4v) is 4.63. The summed E-state index contributed by atoms with van der Waals surface area (Å²) in [6, 6.07) is 0. The van der Waals surface area contributed by atoms with E-state index in [9.17, 15) is 0 Å². The van der Waals surface area contributed by atoms with Crippen molar-refractivity contribution < 1.29 is 0 Å². The van der Waals surface area contributed by atoms with Gasteiger partial charge in [-0.05, 0) is 137 Å². The summed E-state index contributed by atoms with van der Waals surface area (Å²) < 4.78 is 0. The van der Waals surface area contributed by atoms with E-state index in [1.807, 2.05) is 13.3 Å². The number of rotatable bonds is 5. The second-order valence-corrected chi connectivity index (χ2v) is 9.34. The van der Waals surface area contributed by atoms with E-state index >= 15 is 0 Å². The Morgan fingerprint density at radius 1 is 0.786 bits per heavy atom. The van der Waals surface area contributed by atoms with Gasteiger partial charge in [-0.1, -0.05) is 19.4 Å². The first kappa shape index (κ1) is 24.4. The van der Waals surface area contributed by atoms with E-state index in [1.54, 1.807) is 11.1 Å². The first-order valence-corrected chi connectivity index (χ1v) is 10.7. The van der Waals surface area contributed by atoms with Gasteiger partial charge in [0.1, 0.15) is 0 Å². The summed E-state index contributed by atoms with van der Waals surface area (Å²) in [4.78, 5) is 4.17. The van der Waals surface area contributed by atoms with Gasteiger partial charge in [0.25, 0.3) is 0 Å². The molecule has 0 saturated heterocycles.